The Morgan fingerprint density at radius 3 is 2.04 bits per heavy atom. The summed E-state index contributed by atoms with van der Waals surface area (Å²) in [6, 6.07) is 7.02. The molecule has 0 fully saturated rings. The minimum atomic E-state index is -0.951. The molecule has 10 nitrogen and oxygen atoms in total. The van der Waals surface area contributed by atoms with Crippen molar-refractivity contribution in [2.24, 2.45) is 0 Å². The molecular formula is C17H16ClN3O7. The minimum Gasteiger partial charge on any atom is -0.493 e. The second-order valence-electron chi connectivity index (χ2n) is 5.21. The monoisotopic (exact) mass is 409 g/mol. The Bertz CT molecular complexity index is 916. The fourth-order valence-corrected chi connectivity index (χ4v) is 2.48. The summed E-state index contributed by atoms with van der Waals surface area (Å²) in [5.74, 6) is -1.88. The molecule has 2 N–H and O–H groups in total. The molecule has 148 valence electrons. The van der Waals surface area contributed by atoms with Gasteiger partial charge in [0.05, 0.1) is 26.3 Å². The molecule has 2 aromatic carbocycles. The van der Waals surface area contributed by atoms with Crippen LogP contribution in [0.5, 0.6) is 17.2 Å². The van der Waals surface area contributed by atoms with Gasteiger partial charge in [-0.05, 0) is 24.3 Å². The van der Waals surface area contributed by atoms with Crippen LogP contribution >= 0.6 is 11.6 Å². The van der Waals surface area contributed by atoms with E-state index in [0.29, 0.717) is 5.02 Å². The molecule has 0 radical (unpaired) electrons. The van der Waals surface area contributed by atoms with E-state index in [1.54, 1.807) is 0 Å². The Labute approximate surface area is 164 Å². The second kappa shape index (κ2) is 8.91. The van der Waals surface area contributed by atoms with E-state index in [9.17, 15) is 19.7 Å². The molecule has 2 amide bonds. The Balaban J connectivity index is 2.34. The van der Waals surface area contributed by atoms with Crippen LogP contribution in [0.15, 0.2) is 30.3 Å². The van der Waals surface area contributed by atoms with Crippen LogP contribution < -0.4 is 25.1 Å². The Kier molecular flexibility index (Phi) is 6.61. The number of nitrogens with zero attached hydrogens (tertiary/aromatic N) is 1. The van der Waals surface area contributed by atoms with Crippen LogP contribution in [0, 0.1) is 10.1 Å². The third-order valence-electron chi connectivity index (χ3n) is 3.63. The maximum atomic E-state index is 12.5. The van der Waals surface area contributed by atoms with E-state index in [-0.39, 0.29) is 22.8 Å². The van der Waals surface area contributed by atoms with Crippen LogP contribution in [-0.2, 0) is 0 Å². The van der Waals surface area contributed by atoms with Crippen molar-refractivity contribution in [2.75, 3.05) is 21.3 Å². The van der Waals surface area contributed by atoms with Crippen molar-refractivity contribution in [2.45, 2.75) is 0 Å². The molecule has 28 heavy (non-hydrogen) atoms. The van der Waals surface area contributed by atoms with E-state index in [4.69, 9.17) is 25.8 Å². The van der Waals surface area contributed by atoms with E-state index in [1.165, 1.54) is 45.6 Å². The molecule has 0 saturated carbocycles. The van der Waals surface area contributed by atoms with Crippen molar-refractivity contribution in [1.29, 1.82) is 0 Å². The minimum absolute atomic E-state index is 0.0409. The fraction of sp³-hybridized carbons (Fsp3) is 0.176. The van der Waals surface area contributed by atoms with Gasteiger partial charge in [0.1, 0.15) is 5.56 Å². The Hall–Kier alpha value is -3.53. The number of carbonyl (C=O) groups is 2. The lowest BCUT2D eigenvalue weighted by atomic mass is 10.1. The number of nitro groups is 1. The summed E-state index contributed by atoms with van der Waals surface area (Å²) in [5.41, 5.74) is 3.48. The zero-order chi connectivity index (χ0) is 20.8. The molecule has 0 aromatic heterocycles. The number of hydrazine groups is 1. The number of hydrogen-bond acceptors (Lipinski definition) is 7. The van der Waals surface area contributed by atoms with Crippen molar-refractivity contribution in [3.63, 3.8) is 0 Å². The van der Waals surface area contributed by atoms with Gasteiger partial charge in [0.15, 0.2) is 5.75 Å². The van der Waals surface area contributed by atoms with E-state index in [2.05, 4.69) is 10.9 Å². The summed E-state index contributed by atoms with van der Waals surface area (Å²) in [4.78, 5) is 35.3. The van der Waals surface area contributed by atoms with E-state index < -0.39 is 28.0 Å². The van der Waals surface area contributed by atoms with Gasteiger partial charge in [-0.25, -0.2) is 0 Å². The largest absolute Gasteiger partial charge is 0.493 e. The molecule has 11 heteroatoms. The number of hydrogen-bond donors (Lipinski definition) is 2. The smallest absolute Gasteiger partial charge is 0.327 e. The lowest BCUT2D eigenvalue weighted by Crippen LogP contribution is -2.41. The first-order valence-corrected chi connectivity index (χ1v) is 8.05. The highest BCUT2D eigenvalue weighted by molar-refractivity contribution is 6.30. The average Bonchev–Trinajstić information content (AvgIpc) is 2.70. The van der Waals surface area contributed by atoms with E-state index in [0.717, 1.165) is 6.07 Å². The Morgan fingerprint density at radius 2 is 1.54 bits per heavy atom. The molecule has 2 aromatic rings. The molecule has 0 heterocycles. The summed E-state index contributed by atoms with van der Waals surface area (Å²) in [6.07, 6.45) is 0. The summed E-state index contributed by atoms with van der Waals surface area (Å²) >= 11 is 5.75. The highest BCUT2D eigenvalue weighted by Gasteiger charge is 2.32. The highest BCUT2D eigenvalue weighted by Crippen LogP contribution is 2.46. The number of methoxy groups -OCH3 is 3. The molecule has 0 spiro atoms. The van der Waals surface area contributed by atoms with Crippen molar-refractivity contribution in [3.05, 3.63) is 56.6 Å². The van der Waals surface area contributed by atoms with Gasteiger partial charge in [0.2, 0.25) is 11.5 Å². The molecule has 0 atom stereocenters. The number of nitro benzene ring substituents is 1. The van der Waals surface area contributed by atoms with Crippen LogP contribution in [0.2, 0.25) is 5.02 Å². The highest BCUT2D eigenvalue weighted by atomic mass is 35.5. The molecule has 0 aliphatic rings. The van der Waals surface area contributed by atoms with Crippen LogP contribution in [0.1, 0.15) is 20.7 Å². The van der Waals surface area contributed by atoms with Gasteiger partial charge in [-0.15, -0.1) is 0 Å². The predicted octanol–water partition coefficient (Wildman–Crippen LogP) is 2.35. The number of ether oxygens (including phenoxy) is 3. The lowest BCUT2D eigenvalue weighted by Gasteiger charge is -2.15. The van der Waals surface area contributed by atoms with Crippen LogP contribution in [0.3, 0.4) is 0 Å². The van der Waals surface area contributed by atoms with Gasteiger partial charge in [-0.2, -0.15) is 0 Å². The van der Waals surface area contributed by atoms with Crippen LogP contribution in [0.25, 0.3) is 0 Å². The van der Waals surface area contributed by atoms with Crippen molar-refractivity contribution in [1.82, 2.24) is 10.9 Å². The first-order chi connectivity index (χ1) is 13.3. The lowest BCUT2D eigenvalue weighted by molar-refractivity contribution is -0.386. The first kappa shape index (κ1) is 20.8. The van der Waals surface area contributed by atoms with Crippen molar-refractivity contribution >= 4 is 29.1 Å². The van der Waals surface area contributed by atoms with Gasteiger partial charge in [0.25, 0.3) is 11.8 Å². The van der Waals surface area contributed by atoms with Gasteiger partial charge in [-0.3, -0.25) is 30.6 Å². The summed E-state index contributed by atoms with van der Waals surface area (Å²) < 4.78 is 15.2. The zero-order valence-electron chi connectivity index (χ0n) is 15.1. The topological polar surface area (TPSA) is 129 Å². The van der Waals surface area contributed by atoms with Crippen LogP contribution in [-0.4, -0.2) is 38.1 Å². The Morgan fingerprint density at radius 1 is 0.964 bits per heavy atom. The molecule has 0 saturated heterocycles. The van der Waals surface area contributed by atoms with E-state index in [1.807, 2.05) is 0 Å². The normalized spacial score (nSPS) is 10.0. The standard InChI is InChI=1S/C17H16ClN3O7/c1-26-12-8-11(13(21(24)25)15(28-3)14(12)27-2)17(23)20-19-16(22)9-4-6-10(18)7-5-9/h4-8H,1-3H3,(H,19,22)(H,20,23). The summed E-state index contributed by atoms with van der Waals surface area (Å²) in [7, 11) is 3.76. The first-order valence-electron chi connectivity index (χ1n) is 7.67. The fourth-order valence-electron chi connectivity index (χ4n) is 2.35. The maximum Gasteiger partial charge on any atom is 0.327 e. The quantitative estimate of drug-likeness (QED) is 0.553. The van der Waals surface area contributed by atoms with Gasteiger partial charge in [0, 0.05) is 16.7 Å². The number of carbonyl (C=O) groups excluding carboxylic acids is 2. The number of benzene rings is 2. The van der Waals surface area contributed by atoms with Crippen LogP contribution in [0.4, 0.5) is 5.69 Å². The predicted molar refractivity (Wildman–Crippen MR) is 99.1 cm³/mol. The van der Waals surface area contributed by atoms with E-state index >= 15 is 0 Å². The average molecular weight is 410 g/mol. The molecule has 2 rings (SSSR count). The SMILES string of the molecule is COc1cc(C(=O)NNC(=O)c2ccc(Cl)cc2)c([N+](=O)[O-])c(OC)c1OC. The number of halogens is 1. The number of amides is 2. The van der Waals surface area contributed by atoms with Gasteiger partial charge in [-0.1, -0.05) is 11.6 Å². The third kappa shape index (κ3) is 4.23. The molecular weight excluding hydrogens is 394 g/mol. The second-order valence-corrected chi connectivity index (χ2v) is 5.65. The molecule has 0 unspecified atom stereocenters. The summed E-state index contributed by atoms with van der Waals surface area (Å²) in [6.45, 7) is 0. The zero-order valence-corrected chi connectivity index (χ0v) is 15.8. The number of nitrogens with one attached hydrogen (secondary N) is 2. The molecule has 0 aliphatic heterocycles. The molecule has 0 aliphatic carbocycles. The van der Waals surface area contributed by atoms with Gasteiger partial charge < -0.3 is 14.2 Å². The van der Waals surface area contributed by atoms with Gasteiger partial charge >= 0.3 is 5.69 Å². The summed E-state index contributed by atoms with van der Waals surface area (Å²) in [5, 5.41) is 12.0. The maximum absolute atomic E-state index is 12.5. The molecule has 0 bridgehead atoms. The van der Waals surface area contributed by atoms with Crippen molar-refractivity contribution in [3.8, 4) is 17.2 Å². The number of rotatable bonds is 6. The third-order valence-corrected chi connectivity index (χ3v) is 3.88. The van der Waals surface area contributed by atoms with Crippen molar-refractivity contribution < 1.29 is 28.7 Å².